The van der Waals surface area contributed by atoms with E-state index in [-0.39, 0.29) is 36.8 Å². The molecule has 62 heavy (non-hydrogen) atoms. The van der Waals surface area contributed by atoms with Crippen LogP contribution in [0, 0.1) is 11.8 Å². The summed E-state index contributed by atoms with van der Waals surface area (Å²) in [7, 11) is 0. The molecule has 0 fully saturated rings. The van der Waals surface area contributed by atoms with Gasteiger partial charge in [-0.2, -0.15) is 0 Å². The summed E-state index contributed by atoms with van der Waals surface area (Å²) >= 11 is 0. The molecule has 336 valence electrons. The third kappa shape index (κ3) is 16.3. The minimum absolute atomic E-state index is 0.00253. The molecular weight excluding hydrogens is 805 g/mol. The maximum atomic E-state index is 13.7. The molecule has 3 aromatic rings. The zero-order chi connectivity index (χ0) is 45.9. The lowest BCUT2D eigenvalue weighted by atomic mass is 9.97. The second kappa shape index (κ2) is 24.4. The fourth-order valence-electron chi connectivity index (χ4n) is 5.98. The highest BCUT2D eigenvalue weighted by Gasteiger charge is 2.31. The highest BCUT2D eigenvalue weighted by molar-refractivity contribution is 5.96. The number of carbonyl (C=O) groups excluding carboxylic acids is 7. The molecule has 0 spiro atoms. The number of benzene rings is 2. The first kappa shape index (κ1) is 49.5. The number of phenols is 1. The van der Waals surface area contributed by atoms with Crippen molar-refractivity contribution in [1.29, 1.82) is 0 Å². The van der Waals surface area contributed by atoms with E-state index in [4.69, 9.17) is 5.73 Å². The van der Waals surface area contributed by atoms with E-state index >= 15 is 0 Å². The molecule has 0 aliphatic rings. The molecule has 0 radical (unpaired) electrons. The first-order chi connectivity index (χ1) is 29.4. The van der Waals surface area contributed by atoms with Crippen molar-refractivity contribution in [2.75, 3.05) is 13.1 Å². The molecule has 20 heteroatoms. The fourth-order valence-corrected chi connectivity index (χ4v) is 5.98. The first-order valence-electron chi connectivity index (χ1n) is 20.2. The highest BCUT2D eigenvalue weighted by Crippen LogP contribution is 2.12. The normalized spacial score (nSPS) is 14.4. The van der Waals surface area contributed by atoms with E-state index in [9.17, 15) is 48.6 Å². The number of nitrogens with one attached hydrogen (secondary N) is 8. The van der Waals surface area contributed by atoms with Crippen LogP contribution in [0.1, 0.15) is 57.9 Å². The number of carboxylic acids is 1. The molecule has 1 aromatic heterocycles. The van der Waals surface area contributed by atoms with Crippen molar-refractivity contribution in [2.24, 2.45) is 17.6 Å². The van der Waals surface area contributed by atoms with E-state index < -0.39 is 96.7 Å². The summed E-state index contributed by atoms with van der Waals surface area (Å²) in [4.78, 5) is 111. The Morgan fingerprint density at radius 1 is 0.661 bits per heavy atom. The molecule has 0 saturated heterocycles. The van der Waals surface area contributed by atoms with E-state index in [1.807, 2.05) is 13.8 Å². The summed E-state index contributed by atoms with van der Waals surface area (Å²) in [5, 5.41) is 37.0. The number of aromatic nitrogens is 2. The second-order valence-electron chi connectivity index (χ2n) is 15.3. The highest BCUT2D eigenvalue weighted by atomic mass is 16.4. The summed E-state index contributed by atoms with van der Waals surface area (Å²) in [6.45, 7) is 7.34. The van der Waals surface area contributed by atoms with Crippen LogP contribution in [0.2, 0.25) is 0 Å². The summed E-state index contributed by atoms with van der Waals surface area (Å²) in [5.41, 5.74) is 7.69. The van der Waals surface area contributed by atoms with E-state index in [0.29, 0.717) is 23.2 Å². The molecule has 0 saturated carbocycles. The Hall–Kier alpha value is -6.83. The number of nitrogens with zero attached hydrogens (tertiary/aromatic N) is 1. The maximum Gasteiger partial charge on any atom is 0.326 e. The van der Waals surface area contributed by atoms with Crippen molar-refractivity contribution in [3.63, 3.8) is 0 Å². The van der Waals surface area contributed by atoms with Crippen LogP contribution in [0.4, 0.5) is 0 Å². The minimum Gasteiger partial charge on any atom is -0.508 e. The van der Waals surface area contributed by atoms with Crippen molar-refractivity contribution >= 4 is 47.3 Å². The van der Waals surface area contributed by atoms with E-state index in [1.165, 1.54) is 43.7 Å². The molecule has 12 N–H and O–H groups in total. The van der Waals surface area contributed by atoms with E-state index in [1.54, 1.807) is 44.2 Å². The summed E-state index contributed by atoms with van der Waals surface area (Å²) < 4.78 is 0. The number of aromatic hydroxyl groups is 1. The van der Waals surface area contributed by atoms with Gasteiger partial charge in [0.25, 0.3) is 0 Å². The topological polar surface area (TPSA) is 316 Å². The van der Waals surface area contributed by atoms with Gasteiger partial charge in [-0.1, -0.05) is 76.6 Å². The maximum absolute atomic E-state index is 13.7. The molecule has 3 rings (SSSR count). The van der Waals surface area contributed by atoms with Crippen molar-refractivity contribution in [3.05, 3.63) is 83.9 Å². The Labute approximate surface area is 359 Å². The molecule has 0 aliphatic heterocycles. The monoisotopic (exact) mass is 862 g/mol. The Balaban J connectivity index is 1.68. The number of carboxylic acid groups (broad SMARTS) is 1. The van der Waals surface area contributed by atoms with Gasteiger partial charge in [0, 0.05) is 31.2 Å². The third-order valence-electron chi connectivity index (χ3n) is 9.96. The number of imidazole rings is 1. The van der Waals surface area contributed by atoms with Gasteiger partial charge in [0.15, 0.2) is 0 Å². The quantitative estimate of drug-likeness (QED) is 0.0514. The number of aromatic amines is 1. The van der Waals surface area contributed by atoms with Crippen molar-refractivity contribution in [2.45, 2.75) is 96.6 Å². The smallest absolute Gasteiger partial charge is 0.326 e. The van der Waals surface area contributed by atoms with Gasteiger partial charge in [0.2, 0.25) is 41.4 Å². The minimum atomic E-state index is -1.33. The fraction of sp³-hybridized carbons (Fsp3) is 0.452. The zero-order valence-electron chi connectivity index (χ0n) is 35.4. The molecular formula is C42H58N10O10. The van der Waals surface area contributed by atoms with E-state index in [0.717, 1.165) is 0 Å². The Morgan fingerprint density at radius 3 is 1.77 bits per heavy atom. The standard InChI is InChI=1S/C42H58N10O10/c1-6-24(4)35(43)40(59)52-36(23(2)3)41(60)46-21-33(54)49-31(16-26-10-8-7-9-11-26)39(58)48-25(5)37(56)51-30(17-27-12-14-29(53)15-13-27)38(57)45-20-34(55)50-32(42(61)62)18-28-19-44-22-47-28/h7-15,19,22-25,30-32,35-36,53H,6,16-18,20-21,43H2,1-5H3,(H,44,47)(H,45,57)(H,46,60)(H,48,58)(H,49,54)(H,50,55)(H,51,56)(H,52,59)(H,61,62)/t24-,25-,30-,31-,32-,35-,36-/m0/s1. The number of hydrogen-bond donors (Lipinski definition) is 11. The van der Waals surface area contributed by atoms with Crippen LogP contribution < -0.4 is 43.0 Å². The largest absolute Gasteiger partial charge is 0.508 e. The molecule has 7 amide bonds. The molecule has 1 heterocycles. The molecule has 20 nitrogen and oxygen atoms in total. The van der Waals surface area contributed by atoms with Crippen LogP contribution in [0.3, 0.4) is 0 Å². The number of aliphatic carboxylic acids is 1. The molecule has 0 aliphatic carbocycles. The van der Waals surface area contributed by atoms with Gasteiger partial charge in [-0.25, -0.2) is 9.78 Å². The average molecular weight is 863 g/mol. The lowest BCUT2D eigenvalue weighted by molar-refractivity contribution is -0.141. The number of rotatable bonds is 24. The predicted octanol–water partition coefficient (Wildman–Crippen LogP) is -1.07. The first-order valence-corrected chi connectivity index (χ1v) is 20.2. The number of H-pyrrole nitrogens is 1. The number of amides is 7. The van der Waals surface area contributed by atoms with Gasteiger partial charge in [0.1, 0.15) is 36.0 Å². The predicted molar refractivity (Wildman–Crippen MR) is 225 cm³/mol. The van der Waals surface area contributed by atoms with Crippen molar-refractivity contribution < 1.29 is 48.6 Å². The third-order valence-corrected chi connectivity index (χ3v) is 9.96. The van der Waals surface area contributed by atoms with Gasteiger partial charge < -0.3 is 58.1 Å². The summed E-state index contributed by atoms with van der Waals surface area (Å²) in [6.07, 6.45) is 3.21. The average Bonchev–Trinajstić information content (AvgIpc) is 3.76. The van der Waals surface area contributed by atoms with Crippen molar-refractivity contribution in [3.8, 4) is 5.75 Å². The van der Waals surface area contributed by atoms with Gasteiger partial charge in [0.05, 0.1) is 25.5 Å². The van der Waals surface area contributed by atoms with Crippen LogP contribution >= 0.6 is 0 Å². The zero-order valence-corrected chi connectivity index (χ0v) is 35.4. The van der Waals surface area contributed by atoms with Crippen LogP contribution in [-0.2, 0) is 57.6 Å². The molecule has 0 unspecified atom stereocenters. The van der Waals surface area contributed by atoms with Gasteiger partial charge in [-0.05, 0) is 42.0 Å². The van der Waals surface area contributed by atoms with Crippen LogP contribution in [-0.4, -0.2) is 117 Å². The number of nitrogens with two attached hydrogens (primary N) is 1. The Kier molecular flexibility index (Phi) is 19.5. The molecule has 0 bridgehead atoms. The van der Waals surface area contributed by atoms with Crippen molar-refractivity contribution in [1.82, 2.24) is 47.2 Å². The molecule has 2 aromatic carbocycles. The Morgan fingerprint density at radius 2 is 1.23 bits per heavy atom. The Bertz CT molecular complexity index is 1980. The lowest BCUT2D eigenvalue weighted by Gasteiger charge is -2.25. The summed E-state index contributed by atoms with van der Waals surface area (Å²) in [6, 6.07) is 7.55. The van der Waals surface area contributed by atoms with Crippen LogP contribution in [0.25, 0.3) is 0 Å². The van der Waals surface area contributed by atoms with Gasteiger partial charge in [-0.15, -0.1) is 0 Å². The SMILES string of the molecule is CC[C@H](C)[C@H](N)C(=O)N[C@H](C(=O)NCC(=O)N[C@@H](Cc1ccccc1)C(=O)N[C@@H](C)C(=O)N[C@@H](Cc1ccc(O)cc1)C(=O)NCC(=O)N[C@@H](Cc1cnc[nH]1)C(=O)O)C(C)C. The van der Waals surface area contributed by atoms with Gasteiger partial charge >= 0.3 is 5.97 Å². The van der Waals surface area contributed by atoms with E-state index in [2.05, 4.69) is 47.2 Å². The summed E-state index contributed by atoms with van der Waals surface area (Å²) in [5.74, 6) is -6.90. The number of phenolic OH excluding ortho intramolecular Hbond substituents is 1. The molecule has 7 atom stereocenters. The lowest BCUT2D eigenvalue weighted by Crippen LogP contribution is -2.58. The number of carbonyl (C=O) groups is 8. The van der Waals surface area contributed by atoms with Crippen LogP contribution in [0.5, 0.6) is 5.75 Å². The van der Waals surface area contributed by atoms with Crippen LogP contribution in [0.15, 0.2) is 67.1 Å². The van der Waals surface area contributed by atoms with Gasteiger partial charge in [-0.3, -0.25) is 33.6 Å². The number of hydrogen-bond acceptors (Lipinski definition) is 11. The second-order valence-corrected chi connectivity index (χ2v) is 15.3.